The predicted octanol–water partition coefficient (Wildman–Crippen LogP) is 4.67. The number of anilines is 1. The van der Waals surface area contributed by atoms with E-state index >= 15 is 0 Å². The number of hydrogen-bond acceptors (Lipinski definition) is 4. The third-order valence-corrected chi connectivity index (χ3v) is 5.20. The molecule has 2 unspecified atom stereocenters. The Balaban J connectivity index is 1.82. The lowest BCUT2D eigenvalue weighted by molar-refractivity contribution is -0.0512. The highest BCUT2D eigenvalue weighted by Crippen LogP contribution is 2.30. The van der Waals surface area contributed by atoms with E-state index in [-0.39, 0.29) is 23.0 Å². The molecule has 1 aliphatic heterocycles. The van der Waals surface area contributed by atoms with Crippen molar-refractivity contribution in [1.29, 1.82) is 0 Å². The third kappa shape index (κ3) is 5.51. The first-order valence-electron chi connectivity index (χ1n) is 10.1. The summed E-state index contributed by atoms with van der Waals surface area (Å²) >= 11 is 0. The summed E-state index contributed by atoms with van der Waals surface area (Å²) in [4.78, 5) is 27.7. The van der Waals surface area contributed by atoms with Crippen molar-refractivity contribution in [2.24, 2.45) is 11.8 Å². The lowest BCUT2D eigenvalue weighted by Gasteiger charge is -2.35. The number of para-hydroxylation sites is 1. The molecule has 0 spiro atoms. The van der Waals surface area contributed by atoms with Gasteiger partial charge in [0.25, 0.3) is 11.8 Å². The van der Waals surface area contributed by atoms with E-state index < -0.39 is 12.5 Å². The third-order valence-electron chi connectivity index (χ3n) is 5.20. The number of halogens is 2. The number of hydrogen-bond donors (Lipinski definition) is 1. The molecule has 0 saturated carbocycles. The molecule has 1 saturated heterocycles. The van der Waals surface area contributed by atoms with Crippen LogP contribution in [0.1, 0.15) is 41.0 Å². The van der Waals surface area contributed by atoms with Crippen LogP contribution in [0.25, 0.3) is 0 Å². The zero-order valence-electron chi connectivity index (χ0n) is 17.7. The minimum Gasteiger partial charge on any atom is -0.493 e. The molecular formula is C23H26F2N2O4. The maximum absolute atomic E-state index is 13.1. The Kier molecular flexibility index (Phi) is 7.09. The topological polar surface area (TPSA) is 67.9 Å². The molecule has 0 aromatic heterocycles. The molecule has 31 heavy (non-hydrogen) atoms. The second-order valence-corrected chi connectivity index (χ2v) is 7.90. The zero-order chi connectivity index (χ0) is 22.5. The summed E-state index contributed by atoms with van der Waals surface area (Å²) in [6, 6.07) is 10.8. The molecule has 2 aromatic rings. The van der Waals surface area contributed by atoms with Crippen LogP contribution in [0.3, 0.4) is 0 Å². The molecule has 1 aliphatic rings. The van der Waals surface area contributed by atoms with E-state index in [2.05, 4.69) is 23.9 Å². The van der Waals surface area contributed by atoms with Crippen LogP contribution >= 0.6 is 0 Å². The van der Waals surface area contributed by atoms with Crippen LogP contribution in [0.2, 0.25) is 0 Å². The number of benzene rings is 2. The molecule has 1 N–H and O–H groups in total. The fourth-order valence-electron chi connectivity index (χ4n) is 3.98. The van der Waals surface area contributed by atoms with Crippen LogP contribution in [0.15, 0.2) is 42.5 Å². The van der Waals surface area contributed by atoms with Crippen LogP contribution in [0.5, 0.6) is 11.5 Å². The van der Waals surface area contributed by atoms with Crippen LogP contribution in [0, 0.1) is 11.8 Å². The summed E-state index contributed by atoms with van der Waals surface area (Å²) in [5, 5.41) is 2.72. The average Bonchev–Trinajstić information content (AvgIpc) is 2.72. The van der Waals surface area contributed by atoms with Gasteiger partial charge in [0.2, 0.25) is 0 Å². The number of amides is 2. The smallest absolute Gasteiger partial charge is 0.387 e. The first-order valence-corrected chi connectivity index (χ1v) is 10.1. The molecule has 6 nitrogen and oxygen atoms in total. The fraction of sp³-hybridized carbons (Fsp3) is 0.391. The summed E-state index contributed by atoms with van der Waals surface area (Å²) < 4.78 is 34.8. The molecule has 1 fully saturated rings. The summed E-state index contributed by atoms with van der Waals surface area (Å²) in [5.74, 6) is -0.0521. The Hall–Kier alpha value is -3.16. The van der Waals surface area contributed by atoms with Gasteiger partial charge in [-0.3, -0.25) is 9.59 Å². The van der Waals surface area contributed by atoms with Gasteiger partial charge in [0.15, 0.2) is 11.5 Å². The number of rotatable bonds is 6. The summed E-state index contributed by atoms with van der Waals surface area (Å²) in [6.45, 7) is 2.51. The van der Waals surface area contributed by atoms with E-state index in [9.17, 15) is 18.4 Å². The zero-order valence-corrected chi connectivity index (χ0v) is 17.7. The standard InChI is InChI=1S/C23H26F2N2O4/c1-14-10-15(2)13-27(12-14)22(29)17-6-4-5-7-18(17)26-21(28)16-8-9-19(30-3)20(11-16)31-23(24)25/h4-9,11,14-15,23H,10,12-13H2,1-3H3,(H,26,28). The molecule has 3 rings (SSSR count). The largest absolute Gasteiger partial charge is 0.493 e. The van der Waals surface area contributed by atoms with Gasteiger partial charge in [-0.2, -0.15) is 8.78 Å². The number of alkyl halides is 2. The first-order chi connectivity index (χ1) is 14.8. The SMILES string of the molecule is COc1ccc(C(=O)Nc2ccccc2C(=O)N2CC(C)CC(C)C2)cc1OC(F)F. The number of nitrogens with zero attached hydrogens (tertiary/aromatic N) is 1. The number of carbonyl (C=O) groups excluding carboxylic acids is 2. The summed E-state index contributed by atoms with van der Waals surface area (Å²) in [5.41, 5.74) is 0.837. The average molecular weight is 432 g/mol. The van der Waals surface area contributed by atoms with E-state index in [1.54, 1.807) is 24.3 Å². The number of ether oxygens (including phenoxy) is 2. The Morgan fingerprint density at radius 3 is 2.39 bits per heavy atom. The van der Waals surface area contributed by atoms with Crippen molar-refractivity contribution in [2.45, 2.75) is 26.9 Å². The van der Waals surface area contributed by atoms with Crippen molar-refractivity contribution in [2.75, 3.05) is 25.5 Å². The summed E-state index contributed by atoms with van der Waals surface area (Å²) in [6.07, 6.45) is 1.07. The van der Waals surface area contributed by atoms with Crippen molar-refractivity contribution in [3.8, 4) is 11.5 Å². The molecule has 2 aromatic carbocycles. The van der Waals surface area contributed by atoms with Gasteiger partial charge in [0.05, 0.1) is 18.4 Å². The van der Waals surface area contributed by atoms with Crippen molar-refractivity contribution >= 4 is 17.5 Å². The van der Waals surface area contributed by atoms with Crippen LogP contribution in [-0.4, -0.2) is 43.5 Å². The molecule has 8 heteroatoms. The second-order valence-electron chi connectivity index (χ2n) is 7.90. The molecule has 1 heterocycles. The molecule has 0 aliphatic carbocycles. The minimum atomic E-state index is -3.06. The van der Waals surface area contributed by atoms with Gasteiger partial charge in [-0.25, -0.2) is 0 Å². The quantitative estimate of drug-likeness (QED) is 0.721. The van der Waals surface area contributed by atoms with Crippen molar-refractivity contribution in [3.63, 3.8) is 0 Å². The van der Waals surface area contributed by atoms with E-state index in [0.29, 0.717) is 36.2 Å². The summed E-state index contributed by atoms with van der Waals surface area (Å²) in [7, 11) is 1.32. The van der Waals surface area contributed by atoms with Crippen molar-refractivity contribution in [1.82, 2.24) is 4.90 Å². The fourth-order valence-corrected chi connectivity index (χ4v) is 3.98. The highest BCUT2D eigenvalue weighted by atomic mass is 19.3. The van der Waals surface area contributed by atoms with Gasteiger partial charge >= 0.3 is 6.61 Å². The molecule has 0 radical (unpaired) electrons. The molecule has 166 valence electrons. The predicted molar refractivity (Wildman–Crippen MR) is 113 cm³/mol. The molecule has 0 bridgehead atoms. The number of likely N-dealkylation sites (tertiary alicyclic amines) is 1. The van der Waals surface area contributed by atoms with Gasteiger partial charge < -0.3 is 19.7 Å². The van der Waals surface area contributed by atoms with Gasteiger partial charge in [0.1, 0.15) is 0 Å². The van der Waals surface area contributed by atoms with E-state index in [4.69, 9.17) is 4.74 Å². The highest BCUT2D eigenvalue weighted by Gasteiger charge is 2.27. The number of carbonyl (C=O) groups is 2. The lowest BCUT2D eigenvalue weighted by atomic mass is 9.91. The molecule has 2 atom stereocenters. The van der Waals surface area contributed by atoms with E-state index in [1.165, 1.54) is 25.3 Å². The van der Waals surface area contributed by atoms with Gasteiger partial charge in [-0.05, 0) is 48.6 Å². The van der Waals surface area contributed by atoms with Crippen LogP contribution < -0.4 is 14.8 Å². The van der Waals surface area contributed by atoms with Gasteiger partial charge in [-0.15, -0.1) is 0 Å². The Morgan fingerprint density at radius 2 is 1.74 bits per heavy atom. The Morgan fingerprint density at radius 1 is 1.06 bits per heavy atom. The van der Waals surface area contributed by atoms with Gasteiger partial charge in [-0.1, -0.05) is 26.0 Å². The Labute approximate surface area is 180 Å². The van der Waals surface area contributed by atoms with Crippen molar-refractivity contribution in [3.05, 3.63) is 53.6 Å². The van der Waals surface area contributed by atoms with Gasteiger partial charge in [0, 0.05) is 18.7 Å². The Bertz CT molecular complexity index is 941. The monoisotopic (exact) mass is 432 g/mol. The highest BCUT2D eigenvalue weighted by molar-refractivity contribution is 6.09. The minimum absolute atomic E-state index is 0.0840. The van der Waals surface area contributed by atoms with E-state index in [1.807, 2.05) is 4.90 Å². The van der Waals surface area contributed by atoms with Crippen LogP contribution in [0.4, 0.5) is 14.5 Å². The number of piperidine rings is 1. The number of methoxy groups -OCH3 is 1. The van der Waals surface area contributed by atoms with Crippen molar-refractivity contribution < 1.29 is 27.8 Å². The lowest BCUT2D eigenvalue weighted by Crippen LogP contribution is -2.42. The van der Waals surface area contributed by atoms with Crippen LogP contribution in [-0.2, 0) is 0 Å². The van der Waals surface area contributed by atoms with E-state index in [0.717, 1.165) is 6.42 Å². The molecular weight excluding hydrogens is 406 g/mol. The molecule has 2 amide bonds. The normalized spacial score (nSPS) is 18.6. The maximum atomic E-state index is 13.1. The number of nitrogens with one attached hydrogen (secondary N) is 1. The first kappa shape index (κ1) is 22.5. The second kappa shape index (κ2) is 9.76. The maximum Gasteiger partial charge on any atom is 0.387 e.